The molecule has 1 atom stereocenters. The summed E-state index contributed by atoms with van der Waals surface area (Å²) in [5, 5.41) is 4.54. The molecule has 3 aromatic rings. The van der Waals surface area contributed by atoms with Crippen LogP contribution in [0.3, 0.4) is 0 Å². The summed E-state index contributed by atoms with van der Waals surface area (Å²) < 4.78 is 2.00. The van der Waals surface area contributed by atoms with Crippen molar-refractivity contribution in [2.45, 2.75) is 32.9 Å². The first-order valence-corrected chi connectivity index (χ1v) is 10.9. The van der Waals surface area contributed by atoms with Gasteiger partial charge in [-0.2, -0.15) is 5.10 Å². The SMILES string of the molecule is C=N/C=C\C(=C/C)C1(c2cccc(-c3cnn(CC(C)C)c3)c2)N=C(N)c2ccccc21. The predicted octanol–water partition coefficient (Wildman–Crippen LogP) is 5.33. The monoisotopic (exact) mass is 423 g/mol. The number of nitrogens with zero attached hydrogens (tertiary/aromatic N) is 4. The Hall–Kier alpha value is -3.73. The van der Waals surface area contributed by atoms with E-state index in [0.717, 1.165) is 39.9 Å². The number of aromatic nitrogens is 2. The van der Waals surface area contributed by atoms with E-state index in [9.17, 15) is 0 Å². The Morgan fingerprint density at radius 1 is 1.19 bits per heavy atom. The average Bonchev–Trinajstić information content (AvgIpc) is 3.38. The number of allylic oxidation sites excluding steroid dienone is 1. The molecule has 5 nitrogen and oxygen atoms in total. The highest BCUT2D eigenvalue weighted by Crippen LogP contribution is 2.47. The van der Waals surface area contributed by atoms with Gasteiger partial charge in [-0.1, -0.05) is 62.4 Å². The lowest BCUT2D eigenvalue weighted by atomic mass is 9.76. The van der Waals surface area contributed by atoms with Gasteiger partial charge < -0.3 is 5.73 Å². The van der Waals surface area contributed by atoms with Gasteiger partial charge in [-0.25, -0.2) is 4.99 Å². The zero-order valence-corrected chi connectivity index (χ0v) is 18.9. The smallest absolute Gasteiger partial charge is 0.138 e. The highest BCUT2D eigenvalue weighted by Gasteiger charge is 2.43. The first kappa shape index (κ1) is 21.5. The van der Waals surface area contributed by atoms with Gasteiger partial charge in [0.05, 0.1) is 6.20 Å². The van der Waals surface area contributed by atoms with E-state index in [4.69, 9.17) is 10.7 Å². The fourth-order valence-electron chi connectivity index (χ4n) is 4.40. The van der Waals surface area contributed by atoms with Crippen molar-refractivity contribution in [1.29, 1.82) is 0 Å². The molecule has 1 aromatic heterocycles. The Kier molecular flexibility index (Phi) is 5.91. The Morgan fingerprint density at radius 3 is 2.75 bits per heavy atom. The third kappa shape index (κ3) is 3.71. The van der Waals surface area contributed by atoms with Crippen molar-refractivity contribution >= 4 is 12.6 Å². The predicted molar refractivity (Wildman–Crippen MR) is 133 cm³/mol. The van der Waals surface area contributed by atoms with Crippen molar-refractivity contribution in [2.24, 2.45) is 21.6 Å². The molecule has 1 aliphatic heterocycles. The number of amidine groups is 1. The topological polar surface area (TPSA) is 68.6 Å². The second kappa shape index (κ2) is 8.79. The van der Waals surface area contributed by atoms with E-state index in [1.807, 2.05) is 42.1 Å². The number of hydrogen-bond donors (Lipinski definition) is 1. The zero-order chi connectivity index (χ0) is 22.7. The molecule has 2 heterocycles. The molecule has 5 heteroatoms. The Bertz CT molecular complexity index is 1230. The second-order valence-electron chi connectivity index (χ2n) is 8.42. The number of aliphatic imine (C=N–C) groups is 2. The lowest BCUT2D eigenvalue weighted by Gasteiger charge is -2.30. The molecule has 162 valence electrons. The molecule has 1 aliphatic rings. The second-order valence-corrected chi connectivity index (χ2v) is 8.42. The summed E-state index contributed by atoms with van der Waals surface area (Å²) in [6, 6.07) is 16.6. The van der Waals surface area contributed by atoms with E-state index in [-0.39, 0.29) is 0 Å². The number of fused-ring (bicyclic) bond motifs is 1. The number of benzene rings is 2. The van der Waals surface area contributed by atoms with E-state index < -0.39 is 5.54 Å². The molecule has 0 fully saturated rings. The first-order valence-electron chi connectivity index (χ1n) is 10.9. The fourth-order valence-corrected chi connectivity index (χ4v) is 4.40. The lowest BCUT2D eigenvalue weighted by Crippen LogP contribution is -2.26. The van der Waals surface area contributed by atoms with Gasteiger partial charge in [0.1, 0.15) is 11.4 Å². The third-order valence-corrected chi connectivity index (χ3v) is 5.77. The van der Waals surface area contributed by atoms with Crippen LogP contribution in [-0.2, 0) is 12.1 Å². The van der Waals surface area contributed by atoms with Crippen molar-refractivity contribution in [3.63, 3.8) is 0 Å². The summed E-state index contributed by atoms with van der Waals surface area (Å²) in [7, 11) is 0. The summed E-state index contributed by atoms with van der Waals surface area (Å²) >= 11 is 0. The molecule has 2 N–H and O–H groups in total. The zero-order valence-electron chi connectivity index (χ0n) is 18.9. The van der Waals surface area contributed by atoms with Crippen LogP contribution in [0.1, 0.15) is 37.5 Å². The molecule has 0 amide bonds. The van der Waals surface area contributed by atoms with Crippen LogP contribution >= 0.6 is 0 Å². The van der Waals surface area contributed by atoms with Crippen LogP contribution in [0.15, 0.2) is 94.8 Å². The number of hydrogen-bond acceptors (Lipinski definition) is 4. The van der Waals surface area contributed by atoms with E-state index >= 15 is 0 Å². The van der Waals surface area contributed by atoms with Gasteiger partial charge in [-0.15, -0.1) is 0 Å². The van der Waals surface area contributed by atoms with Gasteiger partial charge in [0, 0.05) is 30.1 Å². The molecular weight excluding hydrogens is 394 g/mol. The summed E-state index contributed by atoms with van der Waals surface area (Å²) in [5.41, 5.74) is 11.9. The van der Waals surface area contributed by atoms with E-state index in [1.165, 1.54) is 0 Å². The minimum atomic E-state index is -0.749. The molecule has 0 aliphatic carbocycles. The maximum Gasteiger partial charge on any atom is 0.138 e. The molecule has 0 saturated heterocycles. The van der Waals surface area contributed by atoms with Crippen molar-refractivity contribution < 1.29 is 0 Å². The first-order chi connectivity index (χ1) is 15.5. The van der Waals surface area contributed by atoms with E-state index in [2.05, 4.69) is 73.3 Å². The molecular formula is C27H29N5. The van der Waals surface area contributed by atoms with Crippen LogP contribution in [0.25, 0.3) is 11.1 Å². The van der Waals surface area contributed by atoms with Gasteiger partial charge in [0.25, 0.3) is 0 Å². The van der Waals surface area contributed by atoms with Crippen LogP contribution in [0, 0.1) is 5.92 Å². The molecule has 0 bridgehead atoms. The summed E-state index contributed by atoms with van der Waals surface area (Å²) in [6.07, 6.45) is 9.74. The molecule has 32 heavy (non-hydrogen) atoms. The highest BCUT2D eigenvalue weighted by atomic mass is 15.3. The lowest BCUT2D eigenvalue weighted by molar-refractivity contribution is 0.483. The van der Waals surface area contributed by atoms with Crippen LogP contribution in [0.2, 0.25) is 0 Å². The average molecular weight is 424 g/mol. The van der Waals surface area contributed by atoms with E-state index in [0.29, 0.717) is 11.8 Å². The largest absolute Gasteiger partial charge is 0.383 e. The molecule has 2 aromatic carbocycles. The maximum atomic E-state index is 6.43. The maximum absolute atomic E-state index is 6.43. The number of rotatable bonds is 7. The van der Waals surface area contributed by atoms with E-state index in [1.54, 1.807) is 6.20 Å². The molecule has 1 unspecified atom stereocenters. The Labute approximate surface area is 189 Å². The van der Waals surface area contributed by atoms with Crippen molar-refractivity contribution in [3.05, 3.63) is 102 Å². The summed E-state index contributed by atoms with van der Waals surface area (Å²) in [6.45, 7) is 10.9. The van der Waals surface area contributed by atoms with Gasteiger partial charge in [-0.05, 0) is 54.0 Å². The summed E-state index contributed by atoms with van der Waals surface area (Å²) in [4.78, 5) is 8.98. The van der Waals surface area contributed by atoms with Gasteiger partial charge >= 0.3 is 0 Å². The van der Waals surface area contributed by atoms with Gasteiger partial charge in [0.2, 0.25) is 0 Å². The minimum Gasteiger partial charge on any atom is -0.383 e. The van der Waals surface area contributed by atoms with Gasteiger partial charge in [0.15, 0.2) is 0 Å². The highest BCUT2D eigenvalue weighted by molar-refractivity contribution is 6.03. The third-order valence-electron chi connectivity index (χ3n) is 5.77. The van der Waals surface area contributed by atoms with Gasteiger partial charge in [-0.3, -0.25) is 9.67 Å². The van der Waals surface area contributed by atoms with Crippen LogP contribution in [0.4, 0.5) is 0 Å². The van der Waals surface area contributed by atoms with Crippen molar-refractivity contribution in [2.75, 3.05) is 0 Å². The number of nitrogens with two attached hydrogens (primary N) is 1. The minimum absolute atomic E-state index is 0.534. The molecule has 0 spiro atoms. The quantitative estimate of drug-likeness (QED) is 0.412. The van der Waals surface area contributed by atoms with Crippen molar-refractivity contribution in [1.82, 2.24) is 9.78 Å². The van der Waals surface area contributed by atoms with Crippen LogP contribution in [0.5, 0.6) is 0 Å². The standard InChI is InChI=1S/C27H29N5/c1-5-22(13-14-29-4)27(25-12-7-6-11-24(25)26(28)31-27)23-10-8-9-20(15-23)21-16-30-32(18-21)17-19(2)3/h5-16,18-19H,4,17H2,1-3H3,(H2,28,31)/b14-13-,22-5+. The van der Waals surface area contributed by atoms with Crippen LogP contribution in [-0.4, -0.2) is 22.3 Å². The Morgan fingerprint density at radius 2 is 2.00 bits per heavy atom. The fraction of sp³-hybridized carbons (Fsp3) is 0.222. The summed E-state index contributed by atoms with van der Waals surface area (Å²) in [5.74, 6) is 1.07. The molecule has 0 saturated carbocycles. The molecule has 0 radical (unpaired) electrons. The normalized spacial score (nSPS) is 18.2. The van der Waals surface area contributed by atoms with Crippen LogP contribution < -0.4 is 5.73 Å². The molecule has 4 rings (SSSR count). The van der Waals surface area contributed by atoms with Crippen molar-refractivity contribution in [3.8, 4) is 11.1 Å². The Balaban J connectivity index is 1.90.